The minimum atomic E-state index is 0.637. The van der Waals surface area contributed by atoms with E-state index in [9.17, 15) is 0 Å². The molecule has 0 aliphatic carbocycles. The number of benzene rings is 2. The molecule has 0 spiro atoms. The third kappa shape index (κ3) is 5.34. The van der Waals surface area contributed by atoms with Gasteiger partial charge in [-0.25, -0.2) is 0 Å². The van der Waals surface area contributed by atoms with Crippen molar-refractivity contribution < 1.29 is 0 Å². The van der Waals surface area contributed by atoms with Crippen molar-refractivity contribution in [1.82, 2.24) is 10.3 Å². The molecule has 0 aliphatic rings. The van der Waals surface area contributed by atoms with Gasteiger partial charge < -0.3 is 16.0 Å². The molecule has 0 bridgehead atoms. The van der Waals surface area contributed by atoms with E-state index in [0.717, 1.165) is 57.4 Å². The summed E-state index contributed by atoms with van der Waals surface area (Å²) in [6.07, 6.45) is 2.72. The van der Waals surface area contributed by atoms with Gasteiger partial charge >= 0.3 is 0 Å². The van der Waals surface area contributed by atoms with Crippen LogP contribution in [0.2, 0.25) is 5.02 Å². The molecule has 0 fully saturated rings. The highest BCUT2D eigenvalue weighted by Crippen LogP contribution is 2.25. The lowest BCUT2D eigenvalue weighted by atomic mass is 10.1. The van der Waals surface area contributed by atoms with Gasteiger partial charge in [-0.05, 0) is 80.0 Å². The van der Waals surface area contributed by atoms with Crippen molar-refractivity contribution in [3.05, 3.63) is 63.2 Å². The van der Waals surface area contributed by atoms with Crippen LogP contribution in [0.15, 0.2) is 47.1 Å². The van der Waals surface area contributed by atoms with Crippen LogP contribution in [-0.4, -0.2) is 23.2 Å². The smallest absolute Gasteiger partial charge is 0.170 e. The normalized spacial score (nSPS) is 10.7. The minimum Gasteiger partial charge on any atom is -0.384 e. The lowest BCUT2D eigenvalue weighted by Gasteiger charge is -2.15. The summed E-state index contributed by atoms with van der Waals surface area (Å²) in [5.41, 5.74) is 5.31. The van der Waals surface area contributed by atoms with Crippen LogP contribution < -0.4 is 16.0 Å². The second-order valence-electron chi connectivity index (χ2n) is 6.60. The summed E-state index contributed by atoms with van der Waals surface area (Å²) in [5, 5.41) is 12.4. The Kier molecular flexibility index (Phi) is 7.10. The van der Waals surface area contributed by atoms with Crippen molar-refractivity contribution in [3.63, 3.8) is 0 Å². The Morgan fingerprint density at radius 2 is 1.86 bits per heavy atom. The van der Waals surface area contributed by atoms with Gasteiger partial charge in [0.05, 0.1) is 5.52 Å². The van der Waals surface area contributed by atoms with E-state index in [-0.39, 0.29) is 0 Å². The molecule has 0 amide bonds. The van der Waals surface area contributed by atoms with E-state index in [1.54, 1.807) is 6.20 Å². The molecule has 0 atom stereocenters. The fourth-order valence-corrected chi connectivity index (χ4v) is 4.11. The lowest BCUT2D eigenvalue weighted by Crippen LogP contribution is -2.30. The molecule has 0 saturated heterocycles. The second kappa shape index (κ2) is 9.54. The number of rotatable bonds is 6. The third-order valence-corrected chi connectivity index (χ3v) is 5.33. The second-order valence-corrected chi connectivity index (χ2v) is 8.36. The number of hydrogen-bond donors (Lipinski definition) is 3. The fraction of sp³-hybridized carbons (Fsp3) is 0.238. The number of fused-ring (bicyclic) bond motifs is 1. The number of pyridine rings is 1. The molecule has 3 aromatic rings. The average molecular weight is 478 g/mol. The molecule has 146 valence electrons. The van der Waals surface area contributed by atoms with E-state index < -0.39 is 0 Å². The van der Waals surface area contributed by atoms with Crippen LogP contribution in [0.25, 0.3) is 10.9 Å². The summed E-state index contributed by atoms with van der Waals surface area (Å²) in [6, 6.07) is 11.9. The Bertz CT molecular complexity index is 986. The molecule has 0 radical (unpaired) electrons. The molecule has 0 unspecified atom stereocenters. The van der Waals surface area contributed by atoms with Crippen LogP contribution >= 0.6 is 39.7 Å². The van der Waals surface area contributed by atoms with Crippen molar-refractivity contribution in [3.8, 4) is 0 Å². The SMILES string of the molecule is Cc1cc(Br)cc(C)c1NC(=S)NCCCNc1ccnc2cc(Cl)ccc12. The van der Waals surface area contributed by atoms with Gasteiger partial charge in [-0.3, -0.25) is 4.98 Å². The van der Waals surface area contributed by atoms with Crippen molar-refractivity contribution in [2.24, 2.45) is 0 Å². The highest BCUT2D eigenvalue weighted by Gasteiger charge is 2.06. The molecule has 7 heteroatoms. The predicted octanol–water partition coefficient (Wildman–Crippen LogP) is 6.06. The van der Waals surface area contributed by atoms with Crippen molar-refractivity contribution in [2.45, 2.75) is 20.3 Å². The van der Waals surface area contributed by atoms with Crippen LogP contribution in [0.5, 0.6) is 0 Å². The maximum absolute atomic E-state index is 6.04. The molecule has 1 aromatic heterocycles. The first-order chi connectivity index (χ1) is 13.4. The van der Waals surface area contributed by atoms with E-state index in [0.29, 0.717) is 10.1 Å². The monoisotopic (exact) mass is 476 g/mol. The Morgan fingerprint density at radius 1 is 1.11 bits per heavy atom. The lowest BCUT2D eigenvalue weighted by molar-refractivity contribution is 0.809. The molecule has 3 rings (SSSR count). The molecule has 28 heavy (non-hydrogen) atoms. The van der Waals surface area contributed by atoms with Gasteiger partial charge in [-0.1, -0.05) is 27.5 Å². The number of aryl methyl sites for hydroxylation is 2. The summed E-state index contributed by atoms with van der Waals surface area (Å²) in [4.78, 5) is 4.36. The van der Waals surface area contributed by atoms with Crippen LogP contribution in [-0.2, 0) is 0 Å². The molecule has 0 aliphatic heterocycles. The van der Waals surface area contributed by atoms with E-state index in [4.69, 9.17) is 23.8 Å². The average Bonchev–Trinajstić information content (AvgIpc) is 2.64. The topological polar surface area (TPSA) is 49.0 Å². The summed E-state index contributed by atoms with van der Waals surface area (Å²) in [5.74, 6) is 0. The fourth-order valence-electron chi connectivity index (χ4n) is 3.05. The van der Waals surface area contributed by atoms with Crippen molar-refractivity contribution in [2.75, 3.05) is 23.7 Å². The number of aromatic nitrogens is 1. The highest BCUT2D eigenvalue weighted by molar-refractivity contribution is 9.10. The van der Waals surface area contributed by atoms with Gasteiger partial charge in [0.15, 0.2) is 5.11 Å². The molecule has 3 N–H and O–H groups in total. The largest absolute Gasteiger partial charge is 0.384 e. The molecule has 2 aromatic carbocycles. The van der Waals surface area contributed by atoms with Crippen LogP contribution in [0, 0.1) is 13.8 Å². The van der Waals surface area contributed by atoms with E-state index in [1.807, 2.05) is 24.3 Å². The number of thiocarbonyl (C=S) groups is 1. The Morgan fingerprint density at radius 3 is 2.61 bits per heavy atom. The van der Waals surface area contributed by atoms with Crippen LogP contribution in [0.4, 0.5) is 11.4 Å². The number of nitrogens with one attached hydrogen (secondary N) is 3. The number of nitrogens with zero attached hydrogens (tertiary/aromatic N) is 1. The van der Waals surface area contributed by atoms with Gasteiger partial charge in [0.2, 0.25) is 0 Å². The van der Waals surface area contributed by atoms with E-state index in [2.05, 4.69) is 62.8 Å². The van der Waals surface area contributed by atoms with Gasteiger partial charge in [0, 0.05) is 45.5 Å². The zero-order valence-corrected chi connectivity index (χ0v) is 18.9. The maximum atomic E-state index is 6.04. The molecule has 4 nitrogen and oxygen atoms in total. The maximum Gasteiger partial charge on any atom is 0.170 e. The minimum absolute atomic E-state index is 0.637. The highest BCUT2D eigenvalue weighted by atomic mass is 79.9. The van der Waals surface area contributed by atoms with Gasteiger partial charge in [-0.2, -0.15) is 0 Å². The molecular formula is C21H22BrClN4S. The summed E-state index contributed by atoms with van der Waals surface area (Å²) in [6.45, 7) is 5.74. The quantitative estimate of drug-likeness (QED) is 0.298. The first kappa shape index (κ1) is 20.8. The van der Waals surface area contributed by atoms with Crippen molar-refractivity contribution >= 4 is 67.1 Å². The standard InChI is InChI=1S/C21H22BrClN4S/c1-13-10-15(22)11-14(2)20(13)27-21(28)26-8-3-7-24-18-6-9-25-19-12-16(23)4-5-17(18)19/h4-6,9-12H,3,7-8H2,1-2H3,(H,24,25)(H2,26,27,28). The van der Waals surface area contributed by atoms with E-state index in [1.165, 1.54) is 0 Å². The number of halogens is 2. The zero-order valence-electron chi connectivity index (χ0n) is 15.8. The zero-order chi connectivity index (χ0) is 20.1. The first-order valence-corrected chi connectivity index (χ1v) is 10.6. The van der Waals surface area contributed by atoms with Gasteiger partial charge in [-0.15, -0.1) is 0 Å². The Hall–Kier alpha value is -1.89. The van der Waals surface area contributed by atoms with Gasteiger partial charge in [0.1, 0.15) is 0 Å². The number of anilines is 2. The third-order valence-electron chi connectivity index (χ3n) is 4.40. The molecule has 0 saturated carbocycles. The summed E-state index contributed by atoms with van der Waals surface area (Å²) >= 11 is 15.0. The van der Waals surface area contributed by atoms with Crippen molar-refractivity contribution in [1.29, 1.82) is 0 Å². The molecular weight excluding hydrogens is 456 g/mol. The Balaban J connectivity index is 1.47. The number of hydrogen-bond acceptors (Lipinski definition) is 3. The predicted molar refractivity (Wildman–Crippen MR) is 128 cm³/mol. The summed E-state index contributed by atoms with van der Waals surface area (Å²) in [7, 11) is 0. The van der Waals surface area contributed by atoms with Crippen LogP contribution in [0.1, 0.15) is 17.5 Å². The summed E-state index contributed by atoms with van der Waals surface area (Å²) < 4.78 is 1.07. The van der Waals surface area contributed by atoms with Crippen LogP contribution in [0.3, 0.4) is 0 Å². The Labute approximate surface area is 184 Å². The van der Waals surface area contributed by atoms with E-state index >= 15 is 0 Å². The first-order valence-electron chi connectivity index (χ1n) is 9.04. The van der Waals surface area contributed by atoms with Gasteiger partial charge in [0.25, 0.3) is 0 Å². The molecule has 1 heterocycles.